The first-order chi connectivity index (χ1) is 16.6. The number of carbonyl (C=O) groups is 3. The SMILES string of the molecule is CC1(C(=O)O)CN(C(=O)C(F)(F)C(NC(=O)OCC2c3ccccc3-c3ccccc32)C2CC2)C1. The quantitative estimate of drug-likeness (QED) is 0.622. The van der Waals surface area contributed by atoms with Crippen molar-refractivity contribution >= 4 is 18.0 Å². The Labute approximate surface area is 201 Å². The predicted molar refractivity (Wildman–Crippen MR) is 122 cm³/mol. The monoisotopic (exact) mass is 484 g/mol. The van der Waals surface area contributed by atoms with Crippen LogP contribution in [0.4, 0.5) is 13.6 Å². The molecule has 2 aromatic carbocycles. The number of nitrogens with one attached hydrogen (secondary N) is 1. The Morgan fingerprint density at radius 1 is 1.09 bits per heavy atom. The third kappa shape index (κ3) is 4.02. The maximum Gasteiger partial charge on any atom is 0.407 e. The van der Waals surface area contributed by atoms with Crippen molar-refractivity contribution in [2.45, 2.75) is 37.6 Å². The minimum absolute atomic E-state index is 0.0279. The number of carboxylic acid groups (broad SMARTS) is 1. The van der Waals surface area contributed by atoms with Gasteiger partial charge in [-0.1, -0.05) is 48.5 Å². The molecule has 1 saturated heterocycles. The molecule has 0 aromatic heterocycles. The van der Waals surface area contributed by atoms with Crippen LogP contribution < -0.4 is 5.32 Å². The van der Waals surface area contributed by atoms with Crippen molar-refractivity contribution in [2.24, 2.45) is 11.3 Å². The molecule has 1 aliphatic heterocycles. The summed E-state index contributed by atoms with van der Waals surface area (Å²) < 4.78 is 35.8. The molecule has 9 heteroatoms. The van der Waals surface area contributed by atoms with Crippen LogP contribution in [-0.2, 0) is 14.3 Å². The molecule has 0 bridgehead atoms. The normalized spacial score (nSPS) is 19.2. The van der Waals surface area contributed by atoms with Gasteiger partial charge in [0.1, 0.15) is 18.1 Å². The molecule has 2 aliphatic carbocycles. The number of halogens is 2. The average Bonchev–Trinajstić information content (AvgIpc) is 3.60. The Bertz CT molecular complexity index is 1140. The van der Waals surface area contributed by atoms with E-state index in [-0.39, 0.29) is 25.6 Å². The van der Waals surface area contributed by atoms with Gasteiger partial charge in [-0.05, 0) is 47.9 Å². The number of aliphatic carboxylic acids is 1. The van der Waals surface area contributed by atoms with E-state index in [9.17, 15) is 19.5 Å². The number of alkyl halides is 2. The van der Waals surface area contributed by atoms with Gasteiger partial charge in [0.05, 0.1) is 0 Å². The first kappa shape index (κ1) is 23.3. The molecule has 0 spiro atoms. The lowest BCUT2D eigenvalue weighted by Gasteiger charge is -2.46. The predicted octanol–water partition coefficient (Wildman–Crippen LogP) is 3.87. The summed E-state index contributed by atoms with van der Waals surface area (Å²) >= 11 is 0. The minimum atomic E-state index is -3.87. The zero-order chi connectivity index (χ0) is 25.0. The number of alkyl carbamates (subject to hydrolysis) is 1. The van der Waals surface area contributed by atoms with Crippen molar-refractivity contribution in [1.29, 1.82) is 0 Å². The molecular formula is C26H26F2N2O5. The van der Waals surface area contributed by atoms with Gasteiger partial charge in [0, 0.05) is 19.0 Å². The number of hydrogen-bond donors (Lipinski definition) is 2. The second-order valence-electron chi connectivity index (χ2n) is 9.93. The van der Waals surface area contributed by atoms with Crippen molar-refractivity contribution in [1.82, 2.24) is 10.2 Å². The van der Waals surface area contributed by atoms with E-state index in [2.05, 4.69) is 5.32 Å². The zero-order valence-corrected chi connectivity index (χ0v) is 19.2. The Morgan fingerprint density at radius 3 is 2.14 bits per heavy atom. The van der Waals surface area contributed by atoms with Gasteiger partial charge in [-0.3, -0.25) is 9.59 Å². The molecule has 2 fully saturated rings. The average molecular weight is 484 g/mol. The summed E-state index contributed by atoms with van der Waals surface area (Å²) in [6, 6.07) is 13.9. The van der Waals surface area contributed by atoms with Crippen molar-refractivity contribution < 1.29 is 33.0 Å². The third-order valence-electron chi connectivity index (χ3n) is 7.27. The summed E-state index contributed by atoms with van der Waals surface area (Å²) in [4.78, 5) is 37.2. The number of carboxylic acids is 1. The Balaban J connectivity index is 1.25. The van der Waals surface area contributed by atoms with E-state index in [0.29, 0.717) is 12.8 Å². The van der Waals surface area contributed by atoms with E-state index >= 15 is 8.78 Å². The number of fused-ring (bicyclic) bond motifs is 3. The molecule has 5 rings (SSSR count). The Hall–Kier alpha value is -3.49. The van der Waals surface area contributed by atoms with Crippen LogP contribution in [-0.4, -0.2) is 59.6 Å². The van der Waals surface area contributed by atoms with Gasteiger partial charge in [0.25, 0.3) is 5.91 Å². The molecule has 1 heterocycles. The number of nitrogens with zero attached hydrogens (tertiary/aromatic N) is 1. The smallest absolute Gasteiger partial charge is 0.407 e. The van der Waals surface area contributed by atoms with Gasteiger partial charge < -0.3 is 20.1 Å². The van der Waals surface area contributed by atoms with Crippen molar-refractivity contribution in [2.75, 3.05) is 19.7 Å². The topological polar surface area (TPSA) is 95.9 Å². The fourth-order valence-corrected chi connectivity index (χ4v) is 5.12. The fourth-order valence-electron chi connectivity index (χ4n) is 5.12. The van der Waals surface area contributed by atoms with Crippen molar-refractivity contribution in [3.05, 3.63) is 59.7 Å². The summed E-state index contributed by atoms with van der Waals surface area (Å²) in [5.74, 6) is -7.23. The summed E-state index contributed by atoms with van der Waals surface area (Å²) in [5, 5.41) is 11.4. The molecule has 3 aliphatic rings. The van der Waals surface area contributed by atoms with E-state index in [1.54, 1.807) is 0 Å². The number of rotatable bonds is 7. The molecule has 0 radical (unpaired) electrons. The van der Waals surface area contributed by atoms with Crippen LogP contribution in [0.3, 0.4) is 0 Å². The molecule has 2 N–H and O–H groups in total. The Kier molecular flexibility index (Phi) is 5.53. The zero-order valence-electron chi connectivity index (χ0n) is 19.2. The highest BCUT2D eigenvalue weighted by Crippen LogP contribution is 2.45. The highest BCUT2D eigenvalue weighted by molar-refractivity contribution is 5.89. The molecule has 1 saturated carbocycles. The first-order valence-corrected chi connectivity index (χ1v) is 11.6. The third-order valence-corrected chi connectivity index (χ3v) is 7.27. The number of carbonyl (C=O) groups excluding carboxylic acids is 2. The van der Waals surface area contributed by atoms with Gasteiger partial charge in [-0.2, -0.15) is 8.78 Å². The molecule has 7 nitrogen and oxygen atoms in total. The van der Waals surface area contributed by atoms with Crippen LogP contribution >= 0.6 is 0 Å². The molecular weight excluding hydrogens is 458 g/mol. The lowest BCUT2D eigenvalue weighted by atomic mass is 9.81. The summed E-state index contributed by atoms with van der Waals surface area (Å²) in [6.45, 7) is 0.794. The van der Waals surface area contributed by atoms with Crippen LogP contribution in [0.25, 0.3) is 11.1 Å². The lowest BCUT2D eigenvalue weighted by molar-refractivity contribution is -0.180. The molecule has 2 aromatic rings. The minimum Gasteiger partial charge on any atom is -0.481 e. The van der Waals surface area contributed by atoms with E-state index < -0.39 is 41.3 Å². The largest absolute Gasteiger partial charge is 0.481 e. The number of amides is 2. The van der Waals surface area contributed by atoms with Crippen LogP contribution in [0.15, 0.2) is 48.5 Å². The van der Waals surface area contributed by atoms with Crippen molar-refractivity contribution in [3.63, 3.8) is 0 Å². The molecule has 1 unspecified atom stereocenters. The number of likely N-dealkylation sites (tertiary alicyclic amines) is 1. The lowest BCUT2D eigenvalue weighted by Crippen LogP contribution is -2.66. The van der Waals surface area contributed by atoms with E-state index in [0.717, 1.165) is 27.2 Å². The first-order valence-electron chi connectivity index (χ1n) is 11.6. The molecule has 2 amide bonds. The Morgan fingerprint density at radius 2 is 1.63 bits per heavy atom. The van der Waals surface area contributed by atoms with Gasteiger partial charge >= 0.3 is 18.0 Å². The summed E-state index contributed by atoms with van der Waals surface area (Å²) in [7, 11) is 0. The van der Waals surface area contributed by atoms with E-state index in [1.165, 1.54) is 6.92 Å². The standard InChI is InChI=1S/C26H26F2N2O5/c1-25(23(32)33)13-30(14-25)22(31)26(27,28)21(15-10-11-15)29-24(34)35-12-20-18-8-4-2-6-16(18)17-7-3-5-9-19(17)20/h2-9,15,20-21H,10-14H2,1H3,(H,29,34)(H,32,33). The molecule has 184 valence electrons. The second kappa shape index (κ2) is 8.32. The van der Waals surface area contributed by atoms with Crippen LogP contribution in [0.2, 0.25) is 0 Å². The highest BCUT2D eigenvalue weighted by Gasteiger charge is 2.59. The summed E-state index contributed by atoms with van der Waals surface area (Å²) in [6.07, 6.45) is -0.0798. The second-order valence-corrected chi connectivity index (χ2v) is 9.93. The number of benzene rings is 2. The highest BCUT2D eigenvalue weighted by atomic mass is 19.3. The molecule has 35 heavy (non-hydrogen) atoms. The van der Waals surface area contributed by atoms with Gasteiger partial charge in [-0.25, -0.2) is 4.79 Å². The van der Waals surface area contributed by atoms with Crippen LogP contribution in [0.1, 0.15) is 36.8 Å². The van der Waals surface area contributed by atoms with Gasteiger partial charge in [0.2, 0.25) is 0 Å². The molecule has 1 atom stereocenters. The summed E-state index contributed by atoms with van der Waals surface area (Å²) in [5.41, 5.74) is 2.86. The van der Waals surface area contributed by atoms with Crippen molar-refractivity contribution in [3.8, 4) is 11.1 Å². The fraction of sp³-hybridized carbons (Fsp3) is 0.423. The van der Waals surface area contributed by atoms with Crippen LogP contribution in [0.5, 0.6) is 0 Å². The van der Waals surface area contributed by atoms with E-state index in [1.807, 2.05) is 48.5 Å². The number of hydrogen-bond acceptors (Lipinski definition) is 4. The maximum absolute atomic E-state index is 15.2. The van der Waals surface area contributed by atoms with Gasteiger partial charge in [-0.15, -0.1) is 0 Å². The maximum atomic E-state index is 15.2. The number of ether oxygens (including phenoxy) is 1. The van der Waals surface area contributed by atoms with Gasteiger partial charge in [0.15, 0.2) is 0 Å². The van der Waals surface area contributed by atoms with E-state index in [4.69, 9.17) is 4.74 Å². The van der Waals surface area contributed by atoms with Crippen LogP contribution in [0, 0.1) is 11.3 Å².